The van der Waals surface area contributed by atoms with E-state index in [9.17, 15) is 23.1 Å². The van der Waals surface area contributed by atoms with Crippen LogP contribution in [0.3, 0.4) is 0 Å². The van der Waals surface area contributed by atoms with E-state index < -0.39 is 28.1 Å². The highest BCUT2D eigenvalue weighted by Gasteiger charge is 2.24. The monoisotopic (exact) mass is 463 g/mol. The lowest BCUT2D eigenvalue weighted by Crippen LogP contribution is -2.40. The molecule has 1 atom stereocenters. The molecule has 0 spiro atoms. The van der Waals surface area contributed by atoms with E-state index in [1.807, 2.05) is 12.1 Å². The molecule has 2 amide bonds. The van der Waals surface area contributed by atoms with Crippen molar-refractivity contribution in [3.63, 3.8) is 0 Å². The number of nitrogens with one attached hydrogen (secondary N) is 3. The minimum Gasteiger partial charge on any atom is -0.480 e. The van der Waals surface area contributed by atoms with E-state index in [2.05, 4.69) is 27.2 Å². The molecule has 0 aliphatic rings. The molecule has 3 aromatic rings. The van der Waals surface area contributed by atoms with Crippen molar-refractivity contribution in [1.82, 2.24) is 4.72 Å². The number of rotatable bonds is 7. The molecule has 0 radical (unpaired) electrons. The van der Waals surface area contributed by atoms with Gasteiger partial charge in [-0.3, -0.25) is 4.79 Å². The highest BCUT2D eigenvalue weighted by molar-refractivity contribution is 7.89. The Morgan fingerprint density at radius 2 is 1.36 bits per heavy atom. The van der Waals surface area contributed by atoms with Crippen LogP contribution in [0, 0.1) is 11.8 Å². The van der Waals surface area contributed by atoms with E-state index in [-0.39, 0.29) is 11.3 Å². The maximum absolute atomic E-state index is 12.6. The number of benzene rings is 3. The van der Waals surface area contributed by atoms with Gasteiger partial charge in [-0.25, -0.2) is 13.2 Å². The Morgan fingerprint density at radius 1 is 0.818 bits per heavy atom. The molecule has 0 bridgehead atoms. The van der Waals surface area contributed by atoms with Crippen LogP contribution in [0.1, 0.15) is 12.0 Å². The zero-order valence-electron chi connectivity index (χ0n) is 17.4. The lowest BCUT2D eigenvalue weighted by molar-refractivity contribution is -0.138. The fourth-order valence-electron chi connectivity index (χ4n) is 2.74. The molecule has 3 aromatic carbocycles. The van der Waals surface area contributed by atoms with Gasteiger partial charge in [0.25, 0.3) is 0 Å². The summed E-state index contributed by atoms with van der Waals surface area (Å²) in [5.74, 6) is 4.16. The third-order valence-corrected chi connectivity index (χ3v) is 5.85. The standard InChI is InChI=1S/C24H21N3O5S/c28-23(29)22(13-7-10-18-8-3-1-4-9-18)27-33(31,32)21-16-14-20(15-17-21)26-24(30)25-19-11-5-2-6-12-19/h1-6,8-9,11-12,14-17,22,27H,13H2,(H,28,29)(H2,25,26,30). The Kier molecular flexibility index (Phi) is 7.81. The number of carboxylic acids is 1. The summed E-state index contributed by atoms with van der Waals surface area (Å²) in [4.78, 5) is 23.4. The maximum atomic E-state index is 12.6. The Hall–Kier alpha value is -4.13. The Morgan fingerprint density at radius 3 is 1.94 bits per heavy atom. The van der Waals surface area contributed by atoms with Crippen LogP contribution >= 0.6 is 0 Å². The van der Waals surface area contributed by atoms with E-state index in [1.165, 1.54) is 24.3 Å². The third kappa shape index (κ3) is 7.21. The minimum absolute atomic E-state index is 0.140. The van der Waals surface area contributed by atoms with Gasteiger partial charge in [0, 0.05) is 23.4 Å². The number of para-hydroxylation sites is 1. The van der Waals surface area contributed by atoms with Gasteiger partial charge in [-0.1, -0.05) is 48.2 Å². The van der Waals surface area contributed by atoms with E-state index in [4.69, 9.17) is 0 Å². The van der Waals surface area contributed by atoms with Gasteiger partial charge < -0.3 is 15.7 Å². The SMILES string of the molecule is O=C(Nc1ccccc1)Nc1ccc(S(=O)(=O)NC(CC#Cc2ccccc2)C(=O)O)cc1. The summed E-state index contributed by atoms with van der Waals surface area (Å²) in [6, 6.07) is 21.2. The molecule has 0 saturated carbocycles. The van der Waals surface area contributed by atoms with Gasteiger partial charge in [-0.2, -0.15) is 4.72 Å². The van der Waals surface area contributed by atoms with E-state index >= 15 is 0 Å². The summed E-state index contributed by atoms with van der Waals surface area (Å²) in [5.41, 5.74) is 1.67. The van der Waals surface area contributed by atoms with Gasteiger partial charge >= 0.3 is 12.0 Å². The van der Waals surface area contributed by atoms with Gasteiger partial charge in [0.15, 0.2) is 0 Å². The maximum Gasteiger partial charge on any atom is 0.323 e. The van der Waals surface area contributed by atoms with Crippen LogP contribution in [0.5, 0.6) is 0 Å². The summed E-state index contributed by atoms with van der Waals surface area (Å²) in [7, 11) is -4.12. The molecule has 1 unspecified atom stereocenters. The molecule has 0 saturated heterocycles. The van der Waals surface area contributed by atoms with Crippen molar-refractivity contribution in [3.05, 3.63) is 90.5 Å². The third-order valence-electron chi connectivity index (χ3n) is 4.36. The first kappa shape index (κ1) is 23.5. The zero-order valence-corrected chi connectivity index (χ0v) is 18.2. The number of urea groups is 1. The van der Waals surface area contributed by atoms with E-state index in [1.54, 1.807) is 48.5 Å². The van der Waals surface area contributed by atoms with Gasteiger partial charge in [-0.15, -0.1) is 0 Å². The van der Waals surface area contributed by atoms with Crippen LogP contribution in [0.4, 0.5) is 16.2 Å². The highest BCUT2D eigenvalue weighted by atomic mass is 32.2. The molecule has 0 fully saturated rings. The molecule has 33 heavy (non-hydrogen) atoms. The van der Waals surface area contributed by atoms with Crippen LogP contribution in [0.15, 0.2) is 89.8 Å². The number of carbonyl (C=O) groups is 2. The number of anilines is 2. The first-order valence-corrected chi connectivity index (χ1v) is 11.3. The largest absolute Gasteiger partial charge is 0.480 e. The number of amides is 2. The first-order valence-electron chi connectivity index (χ1n) is 9.86. The van der Waals surface area contributed by atoms with Gasteiger partial charge in [0.2, 0.25) is 10.0 Å². The average Bonchev–Trinajstić information content (AvgIpc) is 2.80. The molecule has 4 N–H and O–H groups in total. The van der Waals surface area contributed by atoms with Crippen molar-refractivity contribution >= 4 is 33.4 Å². The smallest absolute Gasteiger partial charge is 0.323 e. The van der Waals surface area contributed by atoms with Crippen LogP contribution in [-0.2, 0) is 14.8 Å². The summed E-state index contributed by atoms with van der Waals surface area (Å²) in [6.07, 6.45) is -0.206. The Balaban J connectivity index is 1.63. The first-order chi connectivity index (χ1) is 15.8. The predicted molar refractivity (Wildman–Crippen MR) is 125 cm³/mol. The quantitative estimate of drug-likeness (QED) is 0.399. The normalized spacial score (nSPS) is 11.5. The van der Waals surface area contributed by atoms with Crippen LogP contribution in [-0.4, -0.2) is 31.6 Å². The number of carboxylic acid groups (broad SMARTS) is 1. The van der Waals surface area contributed by atoms with Crippen molar-refractivity contribution in [2.75, 3.05) is 10.6 Å². The second-order valence-electron chi connectivity index (χ2n) is 6.85. The van der Waals surface area contributed by atoms with Gasteiger partial charge in [0.05, 0.1) is 4.90 Å². The number of carbonyl (C=O) groups excluding carboxylic acids is 1. The number of hydrogen-bond acceptors (Lipinski definition) is 4. The molecule has 0 aliphatic carbocycles. The number of hydrogen-bond donors (Lipinski definition) is 4. The molecule has 8 nitrogen and oxygen atoms in total. The van der Waals surface area contributed by atoms with Crippen molar-refractivity contribution in [2.24, 2.45) is 0 Å². The summed E-state index contributed by atoms with van der Waals surface area (Å²) < 4.78 is 27.4. The van der Waals surface area contributed by atoms with Gasteiger partial charge in [0.1, 0.15) is 6.04 Å². The van der Waals surface area contributed by atoms with Crippen molar-refractivity contribution in [1.29, 1.82) is 0 Å². The summed E-state index contributed by atoms with van der Waals surface area (Å²) in [6.45, 7) is 0. The molecule has 0 heterocycles. The summed E-state index contributed by atoms with van der Waals surface area (Å²) >= 11 is 0. The predicted octanol–water partition coefficient (Wildman–Crippen LogP) is 3.50. The highest BCUT2D eigenvalue weighted by Crippen LogP contribution is 2.15. The molecule has 0 aliphatic heterocycles. The van der Waals surface area contributed by atoms with Crippen LogP contribution in [0.25, 0.3) is 0 Å². The van der Waals surface area contributed by atoms with Crippen molar-refractivity contribution in [3.8, 4) is 11.8 Å². The second-order valence-corrected chi connectivity index (χ2v) is 8.57. The van der Waals surface area contributed by atoms with E-state index in [0.29, 0.717) is 16.9 Å². The molecule has 168 valence electrons. The molecule has 3 rings (SSSR count). The van der Waals surface area contributed by atoms with Crippen LogP contribution < -0.4 is 15.4 Å². The fraction of sp³-hybridized carbons (Fsp3) is 0.0833. The zero-order chi connectivity index (χ0) is 23.7. The lowest BCUT2D eigenvalue weighted by atomic mass is 10.2. The number of sulfonamides is 1. The van der Waals surface area contributed by atoms with Crippen molar-refractivity contribution < 1.29 is 23.1 Å². The Labute approximate surface area is 191 Å². The van der Waals surface area contributed by atoms with Gasteiger partial charge in [-0.05, 0) is 48.5 Å². The fourth-order valence-corrected chi connectivity index (χ4v) is 3.93. The molecular weight excluding hydrogens is 442 g/mol. The lowest BCUT2D eigenvalue weighted by Gasteiger charge is -2.13. The molecule has 0 aromatic heterocycles. The van der Waals surface area contributed by atoms with Crippen molar-refractivity contribution in [2.45, 2.75) is 17.4 Å². The summed E-state index contributed by atoms with van der Waals surface area (Å²) in [5, 5.41) is 14.6. The average molecular weight is 464 g/mol. The Bertz CT molecular complexity index is 1270. The minimum atomic E-state index is -4.12. The molecule has 9 heteroatoms. The van der Waals surface area contributed by atoms with E-state index in [0.717, 1.165) is 0 Å². The second kappa shape index (κ2) is 10.9. The molecular formula is C24H21N3O5S. The topological polar surface area (TPSA) is 125 Å². The number of aliphatic carboxylic acids is 1. The van der Waals surface area contributed by atoms with Crippen LogP contribution in [0.2, 0.25) is 0 Å².